The Labute approximate surface area is 51.3 Å². The standard InChI is InChI=1S/C7H15N/c1-2-7(8)6-4-3-5-6/h6-7H,2-5,8H2,1H3/t7-/m0/s1. The van der Waals surface area contributed by atoms with Crippen LogP contribution in [0, 0.1) is 5.92 Å². The second kappa shape index (κ2) is 2.49. The van der Waals surface area contributed by atoms with Crippen LogP contribution in [0.15, 0.2) is 0 Å². The van der Waals surface area contributed by atoms with E-state index in [9.17, 15) is 0 Å². The Bertz CT molecular complexity index is 64.0. The Morgan fingerprint density at radius 2 is 2.25 bits per heavy atom. The quantitative estimate of drug-likeness (QED) is 0.577. The van der Waals surface area contributed by atoms with Crippen LogP contribution in [0.25, 0.3) is 0 Å². The van der Waals surface area contributed by atoms with Crippen molar-refractivity contribution >= 4 is 0 Å². The summed E-state index contributed by atoms with van der Waals surface area (Å²) in [5.41, 5.74) is 5.78. The summed E-state index contributed by atoms with van der Waals surface area (Å²) in [4.78, 5) is 0. The van der Waals surface area contributed by atoms with Gasteiger partial charge in [0, 0.05) is 6.04 Å². The molecule has 1 aliphatic carbocycles. The largest absolute Gasteiger partial charge is 0.327 e. The van der Waals surface area contributed by atoms with Crippen molar-refractivity contribution in [1.29, 1.82) is 0 Å². The van der Waals surface area contributed by atoms with Crippen LogP contribution in [0.1, 0.15) is 32.6 Å². The van der Waals surface area contributed by atoms with Crippen LogP contribution >= 0.6 is 0 Å². The van der Waals surface area contributed by atoms with Gasteiger partial charge in [0.2, 0.25) is 0 Å². The normalized spacial score (nSPS) is 24.8. The first-order valence-corrected chi connectivity index (χ1v) is 3.60. The monoisotopic (exact) mass is 113 g/mol. The fourth-order valence-corrected chi connectivity index (χ4v) is 1.20. The van der Waals surface area contributed by atoms with Crippen LogP contribution in [-0.4, -0.2) is 6.04 Å². The van der Waals surface area contributed by atoms with E-state index in [1.54, 1.807) is 0 Å². The van der Waals surface area contributed by atoms with Crippen LogP contribution in [0.3, 0.4) is 0 Å². The van der Waals surface area contributed by atoms with Gasteiger partial charge in [0.05, 0.1) is 0 Å². The third kappa shape index (κ3) is 1.03. The first kappa shape index (κ1) is 6.09. The highest BCUT2D eigenvalue weighted by atomic mass is 14.7. The molecule has 0 saturated heterocycles. The Morgan fingerprint density at radius 1 is 1.62 bits per heavy atom. The zero-order valence-electron chi connectivity index (χ0n) is 5.56. The molecule has 0 aromatic heterocycles. The minimum atomic E-state index is 0.503. The van der Waals surface area contributed by atoms with Crippen molar-refractivity contribution < 1.29 is 0 Å². The lowest BCUT2D eigenvalue weighted by atomic mass is 9.79. The highest BCUT2D eigenvalue weighted by molar-refractivity contribution is 4.78. The highest BCUT2D eigenvalue weighted by Gasteiger charge is 2.22. The van der Waals surface area contributed by atoms with E-state index in [1.807, 2.05) is 0 Å². The summed E-state index contributed by atoms with van der Waals surface area (Å²) < 4.78 is 0. The average molecular weight is 113 g/mol. The average Bonchev–Trinajstić information content (AvgIpc) is 1.62. The molecule has 1 fully saturated rings. The van der Waals surface area contributed by atoms with Gasteiger partial charge in [0.15, 0.2) is 0 Å². The fourth-order valence-electron chi connectivity index (χ4n) is 1.20. The minimum Gasteiger partial charge on any atom is -0.327 e. The fraction of sp³-hybridized carbons (Fsp3) is 1.00. The summed E-state index contributed by atoms with van der Waals surface area (Å²) in [6, 6.07) is 0.503. The SMILES string of the molecule is CC[C@H](N)C1CCC1. The minimum absolute atomic E-state index is 0.503. The lowest BCUT2D eigenvalue weighted by Gasteiger charge is -2.30. The van der Waals surface area contributed by atoms with Crippen LogP contribution in [-0.2, 0) is 0 Å². The molecule has 0 bridgehead atoms. The smallest absolute Gasteiger partial charge is 0.00645 e. The van der Waals surface area contributed by atoms with Gasteiger partial charge in [-0.3, -0.25) is 0 Å². The van der Waals surface area contributed by atoms with E-state index in [0.717, 1.165) is 12.3 Å². The lowest BCUT2D eigenvalue weighted by molar-refractivity contribution is 0.257. The molecule has 0 amide bonds. The molecule has 1 rings (SSSR count). The number of nitrogens with two attached hydrogens (primary N) is 1. The molecule has 0 unspecified atom stereocenters. The highest BCUT2D eigenvalue weighted by Crippen LogP contribution is 2.29. The summed E-state index contributed by atoms with van der Waals surface area (Å²) in [5, 5.41) is 0. The first-order valence-electron chi connectivity index (χ1n) is 3.60. The number of hydrogen-bond donors (Lipinski definition) is 1. The molecular formula is C7H15N. The molecule has 0 aliphatic heterocycles. The van der Waals surface area contributed by atoms with E-state index in [2.05, 4.69) is 6.92 Å². The van der Waals surface area contributed by atoms with Gasteiger partial charge in [-0.1, -0.05) is 13.3 Å². The van der Waals surface area contributed by atoms with Crippen molar-refractivity contribution in [1.82, 2.24) is 0 Å². The van der Waals surface area contributed by atoms with Crippen molar-refractivity contribution in [3.05, 3.63) is 0 Å². The Hall–Kier alpha value is -0.0400. The molecule has 1 atom stereocenters. The van der Waals surface area contributed by atoms with Crippen molar-refractivity contribution in [3.8, 4) is 0 Å². The van der Waals surface area contributed by atoms with Gasteiger partial charge in [-0.2, -0.15) is 0 Å². The van der Waals surface area contributed by atoms with Gasteiger partial charge in [-0.25, -0.2) is 0 Å². The van der Waals surface area contributed by atoms with Crippen molar-refractivity contribution in [2.24, 2.45) is 11.7 Å². The molecule has 1 nitrogen and oxygen atoms in total. The molecule has 0 aromatic rings. The number of hydrogen-bond acceptors (Lipinski definition) is 1. The Morgan fingerprint density at radius 3 is 2.38 bits per heavy atom. The van der Waals surface area contributed by atoms with Gasteiger partial charge in [0.1, 0.15) is 0 Å². The molecule has 8 heavy (non-hydrogen) atoms. The molecule has 0 aromatic carbocycles. The Balaban J connectivity index is 2.13. The predicted molar refractivity (Wildman–Crippen MR) is 35.6 cm³/mol. The molecule has 48 valence electrons. The Kier molecular flexibility index (Phi) is 1.90. The van der Waals surface area contributed by atoms with Gasteiger partial charge in [-0.15, -0.1) is 0 Å². The van der Waals surface area contributed by atoms with Gasteiger partial charge < -0.3 is 5.73 Å². The summed E-state index contributed by atoms with van der Waals surface area (Å²) in [5.74, 6) is 0.875. The van der Waals surface area contributed by atoms with E-state index in [1.165, 1.54) is 19.3 Å². The maximum absolute atomic E-state index is 5.78. The van der Waals surface area contributed by atoms with E-state index in [0.29, 0.717) is 6.04 Å². The van der Waals surface area contributed by atoms with E-state index in [4.69, 9.17) is 5.73 Å². The van der Waals surface area contributed by atoms with Crippen LogP contribution in [0.2, 0.25) is 0 Å². The predicted octanol–water partition coefficient (Wildman–Crippen LogP) is 1.52. The maximum atomic E-state index is 5.78. The van der Waals surface area contributed by atoms with Crippen LogP contribution < -0.4 is 5.73 Å². The molecular weight excluding hydrogens is 98.1 g/mol. The van der Waals surface area contributed by atoms with Crippen molar-refractivity contribution in [2.45, 2.75) is 38.6 Å². The van der Waals surface area contributed by atoms with E-state index < -0.39 is 0 Å². The van der Waals surface area contributed by atoms with E-state index >= 15 is 0 Å². The first-order chi connectivity index (χ1) is 3.84. The molecule has 0 spiro atoms. The number of rotatable bonds is 2. The third-order valence-electron chi connectivity index (χ3n) is 2.23. The lowest BCUT2D eigenvalue weighted by Crippen LogP contribution is -2.33. The molecule has 0 heterocycles. The van der Waals surface area contributed by atoms with Crippen LogP contribution in [0.4, 0.5) is 0 Å². The van der Waals surface area contributed by atoms with Gasteiger partial charge >= 0.3 is 0 Å². The second-order valence-electron chi connectivity index (χ2n) is 2.76. The topological polar surface area (TPSA) is 26.0 Å². The molecule has 1 aliphatic rings. The van der Waals surface area contributed by atoms with Gasteiger partial charge in [0.25, 0.3) is 0 Å². The summed E-state index contributed by atoms with van der Waals surface area (Å²) >= 11 is 0. The maximum Gasteiger partial charge on any atom is 0.00645 e. The summed E-state index contributed by atoms with van der Waals surface area (Å²) in [6.07, 6.45) is 5.34. The zero-order chi connectivity index (χ0) is 5.98. The summed E-state index contributed by atoms with van der Waals surface area (Å²) in [7, 11) is 0. The third-order valence-corrected chi connectivity index (χ3v) is 2.23. The zero-order valence-corrected chi connectivity index (χ0v) is 5.56. The molecule has 1 saturated carbocycles. The van der Waals surface area contributed by atoms with Crippen LogP contribution in [0.5, 0.6) is 0 Å². The van der Waals surface area contributed by atoms with Crippen molar-refractivity contribution in [3.63, 3.8) is 0 Å². The molecule has 0 radical (unpaired) electrons. The molecule has 2 N–H and O–H groups in total. The van der Waals surface area contributed by atoms with E-state index in [-0.39, 0.29) is 0 Å². The molecule has 1 heteroatoms. The summed E-state index contributed by atoms with van der Waals surface area (Å²) in [6.45, 7) is 2.17. The van der Waals surface area contributed by atoms with Gasteiger partial charge in [-0.05, 0) is 25.2 Å². The second-order valence-corrected chi connectivity index (χ2v) is 2.76. The van der Waals surface area contributed by atoms with Crippen molar-refractivity contribution in [2.75, 3.05) is 0 Å².